The van der Waals surface area contributed by atoms with Gasteiger partial charge in [0.05, 0.1) is 6.07 Å². The molecule has 82 valence electrons. The van der Waals surface area contributed by atoms with Crippen molar-refractivity contribution in [2.24, 2.45) is 0 Å². The van der Waals surface area contributed by atoms with Crippen LogP contribution in [0.1, 0.15) is 38.5 Å². The number of anilines is 1. The van der Waals surface area contributed by atoms with Crippen molar-refractivity contribution in [3.8, 4) is 6.07 Å². The van der Waals surface area contributed by atoms with Gasteiger partial charge in [0.2, 0.25) is 5.89 Å². The lowest BCUT2D eigenvalue weighted by atomic mass is 10.1. The number of nitriles is 1. The third-order valence-corrected chi connectivity index (χ3v) is 2.36. The van der Waals surface area contributed by atoms with Gasteiger partial charge in [0, 0.05) is 25.9 Å². The van der Waals surface area contributed by atoms with Crippen molar-refractivity contribution in [3.05, 3.63) is 5.89 Å². The zero-order valence-electron chi connectivity index (χ0n) is 9.40. The molecule has 1 atom stereocenters. The van der Waals surface area contributed by atoms with Crippen molar-refractivity contribution < 1.29 is 4.52 Å². The summed E-state index contributed by atoms with van der Waals surface area (Å²) in [6, 6.07) is 2.11. The third-order valence-electron chi connectivity index (χ3n) is 2.36. The molecule has 0 N–H and O–H groups in total. The molecular formula is C10H16N4O. The maximum atomic E-state index is 8.47. The minimum atomic E-state index is 0.149. The fourth-order valence-corrected chi connectivity index (χ4v) is 1.13. The molecule has 1 heterocycles. The standard InChI is InChI=1S/C10H16N4O/c1-4-14(3)10-12-9(15-13-10)8(2)6-5-7-11/h8H,4-6H2,1-3H3. The minimum absolute atomic E-state index is 0.149. The highest BCUT2D eigenvalue weighted by Gasteiger charge is 2.15. The first-order valence-corrected chi connectivity index (χ1v) is 5.10. The van der Waals surface area contributed by atoms with E-state index in [1.807, 2.05) is 25.8 Å². The largest absolute Gasteiger partial charge is 0.342 e. The minimum Gasteiger partial charge on any atom is -0.342 e. The first kappa shape index (κ1) is 11.5. The smallest absolute Gasteiger partial charge is 0.265 e. The molecule has 1 aromatic rings. The predicted molar refractivity (Wildman–Crippen MR) is 56.5 cm³/mol. The van der Waals surface area contributed by atoms with Crippen molar-refractivity contribution in [2.75, 3.05) is 18.5 Å². The Labute approximate surface area is 89.7 Å². The molecule has 5 heteroatoms. The number of rotatable bonds is 5. The SMILES string of the molecule is CCN(C)c1noc(C(C)CCC#N)n1. The summed E-state index contributed by atoms with van der Waals surface area (Å²) in [6.45, 7) is 4.85. The van der Waals surface area contributed by atoms with E-state index in [0.29, 0.717) is 18.3 Å². The Morgan fingerprint density at radius 1 is 1.60 bits per heavy atom. The van der Waals surface area contributed by atoms with Crippen molar-refractivity contribution >= 4 is 5.95 Å². The van der Waals surface area contributed by atoms with Gasteiger partial charge in [-0.1, -0.05) is 6.92 Å². The summed E-state index contributed by atoms with van der Waals surface area (Å²) in [7, 11) is 1.91. The molecule has 0 radical (unpaired) electrons. The molecule has 0 spiro atoms. The van der Waals surface area contributed by atoms with Crippen LogP contribution >= 0.6 is 0 Å². The Kier molecular flexibility index (Phi) is 4.10. The maximum Gasteiger partial charge on any atom is 0.265 e. The van der Waals surface area contributed by atoms with Crippen LogP contribution in [-0.4, -0.2) is 23.7 Å². The molecule has 0 aromatic carbocycles. The van der Waals surface area contributed by atoms with Gasteiger partial charge in [-0.25, -0.2) is 0 Å². The van der Waals surface area contributed by atoms with E-state index in [2.05, 4.69) is 16.2 Å². The Morgan fingerprint density at radius 2 is 2.33 bits per heavy atom. The highest BCUT2D eigenvalue weighted by molar-refractivity contribution is 5.25. The van der Waals surface area contributed by atoms with Crippen LogP contribution < -0.4 is 4.90 Å². The van der Waals surface area contributed by atoms with Crippen molar-refractivity contribution in [2.45, 2.75) is 32.6 Å². The summed E-state index contributed by atoms with van der Waals surface area (Å²) in [6.07, 6.45) is 1.27. The van der Waals surface area contributed by atoms with Crippen molar-refractivity contribution in [1.29, 1.82) is 5.26 Å². The summed E-state index contributed by atoms with van der Waals surface area (Å²) in [5, 5.41) is 12.3. The Bertz CT molecular complexity index is 341. The lowest BCUT2D eigenvalue weighted by Gasteiger charge is -2.09. The second-order valence-corrected chi connectivity index (χ2v) is 3.54. The van der Waals surface area contributed by atoms with E-state index in [4.69, 9.17) is 9.78 Å². The van der Waals surface area contributed by atoms with E-state index in [1.54, 1.807) is 0 Å². The highest BCUT2D eigenvalue weighted by Crippen LogP contribution is 2.20. The average Bonchev–Trinajstić information content (AvgIpc) is 2.74. The molecule has 1 unspecified atom stereocenters. The molecule has 0 amide bonds. The molecule has 0 saturated carbocycles. The lowest BCUT2D eigenvalue weighted by molar-refractivity contribution is 0.354. The van der Waals surface area contributed by atoms with Crippen LogP contribution in [0.15, 0.2) is 4.52 Å². The summed E-state index contributed by atoms with van der Waals surface area (Å²) in [5.41, 5.74) is 0. The van der Waals surface area contributed by atoms with Crippen LogP contribution in [0.25, 0.3) is 0 Å². The van der Waals surface area contributed by atoms with Gasteiger partial charge in [0.25, 0.3) is 5.95 Å². The zero-order valence-corrected chi connectivity index (χ0v) is 9.40. The average molecular weight is 208 g/mol. The maximum absolute atomic E-state index is 8.47. The first-order chi connectivity index (χ1) is 7.19. The molecule has 5 nitrogen and oxygen atoms in total. The summed E-state index contributed by atoms with van der Waals surface area (Å²) in [5.74, 6) is 1.37. The molecule has 0 aliphatic heterocycles. The van der Waals surface area contributed by atoms with E-state index in [9.17, 15) is 0 Å². The van der Waals surface area contributed by atoms with Gasteiger partial charge in [-0.2, -0.15) is 10.2 Å². The van der Waals surface area contributed by atoms with Crippen molar-refractivity contribution in [1.82, 2.24) is 10.1 Å². The Balaban J connectivity index is 2.63. The number of aromatic nitrogens is 2. The Morgan fingerprint density at radius 3 is 2.93 bits per heavy atom. The van der Waals surface area contributed by atoms with E-state index < -0.39 is 0 Å². The molecule has 15 heavy (non-hydrogen) atoms. The number of nitrogens with zero attached hydrogens (tertiary/aromatic N) is 4. The van der Waals surface area contributed by atoms with E-state index >= 15 is 0 Å². The normalized spacial score (nSPS) is 12.1. The van der Waals surface area contributed by atoms with Gasteiger partial charge >= 0.3 is 0 Å². The van der Waals surface area contributed by atoms with Gasteiger partial charge in [0.1, 0.15) is 0 Å². The van der Waals surface area contributed by atoms with Crippen LogP contribution in [0.4, 0.5) is 5.95 Å². The molecular weight excluding hydrogens is 192 g/mol. The molecule has 0 aliphatic carbocycles. The third kappa shape index (κ3) is 2.94. The summed E-state index contributed by atoms with van der Waals surface area (Å²) >= 11 is 0. The van der Waals surface area contributed by atoms with Crippen molar-refractivity contribution in [3.63, 3.8) is 0 Å². The molecule has 1 aromatic heterocycles. The van der Waals surface area contributed by atoms with Gasteiger partial charge in [-0.3, -0.25) is 0 Å². The summed E-state index contributed by atoms with van der Waals surface area (Å²) in [4.78, 5) is 6.18. The first-order valence-electron chi connectivity index (χ1n) is 5.10. The van der Waals surface area contributed by atoms with Crippen LogP contribution in [0.3, 0.4) is 0 Å². The van der Waals surface area contributed by atoms with E-state index in [-0.39, 0.29) is 5.92 Å². The highest BCUT2D eigenvalue weighted by atomic mass is 16.5. The van der Waals surface area contributed by atoms with Crippen LogP contribution in [0.2, 0.25) is 0 Å². The zero-order chi connectivity index (χ0) is 11.3. The van der Waals surface area contributed by atoms with E-state index in [1.165, 1.54) is 0 Å². The monoisotopic (exact) mass is 208 g/mol. The quantitative estimate of drug-likeness (QED) is 0.739. The number of hydrogen-bond donors (Lipinski definition) is 0. The molecule has 0 saturated heterocycles. The topological polar surface area (TPSA) is 66.0 Å². The summed E-state index contributed by atoms with van der Waals surface area (Å²) < 4.78 is 5.13. The molecule has 0 bridgehead atoms. The van der Waals surface area contributed by atoms with Gasteiger partial charge in [0.15, 0.2) is 0 Å². The van der Waals surface area contributed by atoms with Gasteiger partial charge in [-0.05, 0) is 18.5 Å². The number of hydrogen-bond acceptors (Lipinski definition) is 5. The second kappa shape index (κ2) is 5.35. The van der Waals surface area contributed by atoms with E-state index in [0.717, 1.165) is 13.0 Å². The molecule has 0 fully saturated rings. The predicted octanol–water partition coefficient (Wildman–Crippen LogP) is 1.93. The fraction of sp³-hybridized carbons (Fsp3) is 0.700. The molecule has 0 aliphatic rings. The van der Waals surface area contributed by atoms with Crippen LogP contribution in [0, 0.1) is 11.3 Å². The second-order valence-electron chi connectivity index (χ2n) is 3.54. The molecule has 1 rings (SSSR count). The van der Waals surface area contributed by atoms with Gasteiger partial charge < -0.3 is 9.42 Å². The van der Waals surface area contributed by atoms with Crippen LogP contribution in [-0.2, 0) is 0 Å². The lowest BCUT2D eigenvalue weighted by Crippen LogP contribution is -2.17. The van der Waals surface area contributed by atoms with Gasteiger partial charge in [-0.15, -0.1) is 0 Å². The Hall–Kier alpha value is -1.57. The fourth-order valence-electron chi connectivity index (χ4n) is 1.13. The van der Waals surface area contributed by atoms with Crippen LogP contribution in [0.5, 0.6) is 0 Å².